The maximum absolute atomic E-state index is 9.62. The maximum atomic E-state index is 9.62. The number of furan rings is 1. The van der Waals surface area contributed by atoms with Gasteiger partial charge in [0.15, 0.2) is 11.3 Å². The Morgan fingerprint density at radius 3 is 2.95 bits per heavy atom. The zero-order valence-corrected chi connectivity index (χ0v) is 12.6. The molecule has 4 nitrogen and oxygen atoms in total. The van der Waals surface area contributed by atoms with Gasteiger partial charge in [0.1, 0.15) is 5.76 Å². The topological polar surface area (TPSA) is 54.6 Å². The van der Waals surface area contributed by atoms with E-state index in [1.54, 1.807) is 0 Å². The van der Waals surface area contributed by atoms with Gasteiger partial charge in [-0.3, -0.25) is 0 Å². The van der Waals surface area contributed by atoms with Crippen LogP contribution in [0.3, 0.4) is 0 Å². The van der Waals surface area contributed by atoms with E-state index in [-0.39, 0.29) is 12.1 Å². The second kappa shape index (κ2) is 6.08. The van der Waals surface area contributed by atoms with Crippen molar-refractivity contribution < 1.29 is 14.3 Å². The highest BCUT2D eigenvalue weighted by atomic mass is 16.5. The molecule has 1 heterocycles. The first-order chi connectivity index (χ1) is 10.2. The monoisotopic (exact) mass is 289 g/mol. The fraction of sp³-hybridized carbons (Fsp3) is 0.529. The molecule has 0 saturated heterocycles. The lowest BCUT2D eigenvalue weighted by Gasteiger charge is -2.33. The molecule has 0 radical (unpaired) electrons. The SMILES string of the molecule is CCOc1cccc2cc(C(C)NCC3CCC3O)oc12. The Morgan fingerprint density at radius 1 is 1.43 bits per heavy atom. The van der Waals surface area contributed by atoms with Crippen LogP contribution < -0.4 is 10.1 Å². The number of hydrogen-bond donors (Lipinski definition) is 2. The fourth-order valence-electron chi connectivity index (χ4n) is 2.76. The summed E-state index contributed by atoms with van der Waals surface area (Å²) in [7, 11) is 0. The van der Waals surface area contributed by atoms with Crippen LogP contribution in [-0.2, 0) is 0 Å². The summed E-state index contributed by atoms with van der Waals surface area (Å²) in [6.07, 6.45) is 1.91. The van der Waals surface area contributed by atoms with Gasteiger partial charge < -0.3 is 19.6 Å². The number of aliphatic hydroxyl groups excluding tert-OH is 1. The maximum Gasteiger partial charge on any atom is 0.176 e. The third kappa shape index (κ3) is 2.92. The van der Waals surface area contributed by atoms with Crippen LogP contribution >= 0.6 is 0 Å². The van der Waals surface area contributed by atoms with Gasteiger partial charge in [-0.25, -0.2) is 0 Å². The van der Waals surface area contributed by atoms with Crippen LogP contribution in [0.5, 0.6) is 5.75 Å². The molecule has 21 heavy (non-hydrogen) atoms. The summed E-state index contributed by atoms with van der Waals surface area (Å²) in [4.78, 5) is 0. The number of aliphatic hydroxyl groups is 1. The molecule has 4 heteroatoms. The van der Waals surface area contributed by atoms with E-state index in [1.807, 2.05) is 25.1 Å². The number of rotatable bonds is 6. The molecule has 3 atom stereocenters. The van der Waals surface area contributed by atoms with Gasteiger partial charge in [-0.1, -0.05) is 12.1 Å². The van der Waals surface area contributed by atoms with Crippen LogP contribution in [0.1, 0.15) is 38.5 Å². The quantitative estimate of drug-likeness (QED) is 0.857. The molecule has 1 aromatic heterocycles. The number of benzene rings is 1. The molecule has 1 aliphatic carbocycles. The average molecular weight is 289 g/mol. The van der Waals surface area contributed by atoms with Crippen molar-refractivity contribution in [2.75, 3.05) is 13.2 Å². The number of nitrogens with one attached hydrogen (secondary N) is 1. The van der Waals surface area contributed by atoms with Crippen molar-refractivity contribution in [2.24, 2.45) is 5.92 Å². The molecule has 2 aromatic rings. The van der Waals surface area contributed by atoms with Gasteiger partial charge in [0.25, 0.3) is 0 Å². The predicted octanol–water partition coefficient (Wildman–Crippen LogP) is 3.25. The highest BCUT2D eigenvalue weighted by Gasteiger charge is 2.28. The average Bonchev–Trinajstić information content (AvgIpc) is 2.91. The van der Waals surface area contributed by atoms with Crippen LogP contribution in [0.2, 0.25) is 0 Å². The van der Waals surface area contributed by atoms with E-state index in [0.717, 1.165) is 41.9 Å². The summed E-state index contributed by atoms with van der Waals surface area (Å²) in [5.74, 6) is 2.09. The third-order valence-electron chi connectivity index (χ3n) is 4.32. The molecule has 1 aliphatic rings. The van der Waals surface area contributed by atoms with E-state index < -0.39 is 0 Å². The molecule has 2 N–H and O–H groups in total. The number of ether oxygens (including phenoxy) is 1. The second-order valence-electron chi connectivity index (χ2n) is 5.79. The Bertz CT molecular complexity index is 607. The van der Waals surface area contributed by atoms with Crippen molar-refractivity contribution in [3.8, 4) is 5.75 Å². The van der Waals surface area contributed by atoms with Gasteiger partial charge >= 0.3 is 0 Å². The summed E-state index contributed by atoms with van der Waals surface area (Å²) in [6.45, 7) is 5.51. The Morgan fingerprint density at radius 2 is 2.29 bits per heavy atom. The summed E-state index contributed by atoms with van der Waals surface area (Å²) >= 11 is 0. The van der Waals surface area contributed by atoms with Gasteiger partial charge in [0, 0.05) is 11.9 Å². The molecular formula is C17H23NO3. The van der Waals surface area contributed by atoms with Gasteiger partial charge in [-0.2, -0.15) is 0 Å². The van der Waals surface area contributed by atoms with E-state index in [1.165, 1.54) is 0 Å². The third-order valence-corrected chi connectivity index (χ3v) is 4.32. The summed E-state index contributed by atoms with van der Waals surface area (Å²) in [6, 6.07) is 8.14. The summed E-state index contributed by atoms with van der Waals surface area (Å²) in [5, 5.41) is 14.1. The van der Waals surface area contributed by atoms with Crippen LogP contribution in [0.15, 0.2) is 28.7 Å². The molecule has 1 aromatic carbocycles. The lowest BCUT2D eigenvalue weighted by atomic mass is 9.82. The molecule has 3 rings (SSSR count). The minimum Gasteiger partial charge on any atom is -0.490 e. The molecule has 3 unspecified atom stereocenters. The Balaban J connectivity index is 1.72. The van der Waals surface area contributed by atoms with E-state index in [2.05, 4.69) is 18.3 Å². The standard InChI is InChI=1S/C17H23NO3/c1-3-20-15-6-4-5-12-9-16(21-17(12)15)11(2)18-10-13-7-8-14(13)19/h4-6,9,11,13-14,18-19H,3,7-8,10H2,1-2H3. The normalized spacial score (nSPS) is 23.0. The predicted molar refractivity (Wildman–Crippen MR) is 82.5 cm³/mol. The Hall–Kier alpha value is -1.52. The fourth-order valence-corrected chi connectivity index (χ4v) is 2.76. The van der Waals surface area contributed by atoms with Crippen molar-refractivity contribution in [2.45, 2.75) is 38.8 Å². The second-order valence-corrected chi connectivity index (χ2v) is 5.79. The molecule has 0 amide bonds. The zero-order valence-electron chi connectivity index (χ0n) is 12.6. The van der Waals surface area contributed by atoms with Gasteiger partial charge in [-0.15, -0.1) is 0 Å². The van der Waals surface area contributed by atoms with Crippen molar-refractivity contribution in [3.05, 3.63) is 30.0 Å². The van der Waals surface area contributed by atoms with Crippen molar-refractivity contribution >= 4 is 11.0 Å². The highest BCUT2D eigenvalue weighted by Crippen LogP contribution is 2.32. The molecule has 114 valence electrons. The minimum absolute atomic E-state index is 0.125. The molecule has 0 spiro atoms. The van der Waals surface area contributed by atoms with Gasteiger partial charge in [0.2, 0.25) is 0 Å². The minimum atomic E-state index is -0.134. The van der Waals surface area contributed by atoms with Crippen molar-refractivity contribution in [3.63, 3.8) is 0 Å². The van der Waals surface area contributed by atoms with Gasteiger partial charge in [0.05, 0.1) is 18.8 Å². The highest BCUT2D eigenvalue weighted by molar-refractivity contribution is 5.83. The number of hydrogen-bond acceptors (Lipinski definition) is 4. The number of para-hydroxylation sites is 1. The summed E-state index contributed by atoms with van der Waals surface area (Å²) < 4.78 is 11.6. The van der Waals surface area contributed by atoms with Crippen molar-refractivity contribution in [1.82, 2.24) is 5.32 Å². The molecular weight excluding hydrogens is 266 g/mol. The Labute approximate surface area is 125 Å². The van der Waals surface area contributed by atoms with Gasteiger partial charge in [-0.05, 0) is 44.7 Å². The Kier molecular flexibility index (Phi) is 4.17. The molecule has 1 saturated carbocycles. The summed E-state index contributed by atoms with van der Waals surface area (Å²) in [5.41, 5.74) is 0.812. The van der Waals surface area contributed by atoms with Crippen molar-refractivity contribution in [1.29, 1.82) is 0 Å². The lowest BCUT2D eigenvalue weighted by molar-refractivity contribution is 0.0230. The lowest BCUT2D eigenvalue weighted by Crippen LogP contribution is -2.39. The molecule has 0 bridgehead atoms. The first-order valence-electron chi connectivity index (χ1n) is 7.75. The van der Waals surface area contributed by atoms with Crippen LogP contribution in [0.25, 0.3) is 11.0 Å². The van der Waals surface area contributed by atoms with E-state index in [4.69, 9.17) is 9.15 Å². The van der Waals surface area contributed by atoms with Crippen LogP contribution in [-0.4, -0.2) is 24.4 Å². The van der Waals surface area contributed by atoms with Crippen LogP contribution in [0, 0.1) is 5.92 Å². The van der Waals surface area contributed by atoms with E-state index >= 15 is 0 Å². The van der Waals surface area contributed by atoms with Crippen LogP contribution in [0.4, 0.5) is 0 Å². The first kappa shape index (κ1) is 14.4. The smallest absolute Gasteiger partial charge is 0.176 e. The van der Waals surface area contributed by atoms with E-state index in [0.29, 0.717) is 12.5 Å². The molecule has 1 fully saturated rings. The zero-order chi connectivity index (χ0) is 14.8. The largest absolute Gasteiger partial charge is 0.490 e. The molecule has 0 aliphatic heterocycles. The van der Waals surface area contributed by atoms with E-state index in [9.17, 15) is 5.11 Å². The first-order valence-corrected chi connectivity index (χ1v) is 7.75. The number of fused-ring (bicyclic) bond motifs is 1.